The highest BCUT2D eigenvalue weighted by molar-refractivity contribution is 7.08. The second-order valence-electron chi connectivity index (χ2n) is 13.8. The summed E-state index contributed by atoms with van der Waals surface area (Å²) in [5.74, 6) is -0.319. The third kappa shape index (κ3) is 8.27. The van der Waals surface area contributed by atoms with Crippen molar-refractivity contribution in [1.29, 1.82) is 0 Å². The molecule has 1 aromatic carbocycles. The van der Waals surface area contributed by atoms with E-state index in [2.05, 4.69) is 32.8 Å². The standard InChI is InChI=1S/C34H46ClF3N8O3S/c1-39-30-26(34(36,37)38)17-22(18-27(30)35)19-28(31(47)44-8-4-24(5-9-44)43-15-13-42(2)14-16-43)40-32(48)45-10-6-25(7-11-45)46-12-3-23-20-50-21-29(23)41-33(46)49/h17-18,20-21,24-25,28,39H,3-16,19H2,1-2H3,(H,40,48)(H,41,49)/t28-/m1/s1. The number of likely N-dealkylation sites (tertiary alicyclic amines) is 2. The van der Waals surface area contributed by atoms with E-state index < -0.39 is 23.8 Å². The van der Waals surface area contributed by atoms with Gasteiger partial charge in [0.25, 0.3) is 0 Å². The highest BCUT2D eigenvalue weighted by atomic mass is 35.5. The van der Waals surface area contributed by atoms with Gasteiger partial charge in [-0.2, -0.15) is 13.2 Å². The second-order valence-corrected chi connectivity index (χ2v) is 14.9. The van der Waals surface area contributed by atoms with Gasteiger partial charge in [-0.05, 0) is 67.8 Å². The number of nitrogens with zero attached hydrogens (tertiary/aromatic N) is 5. The van der Waals surface area contributed by atoms with Crippen LogP contribution < -0.4 is 16.0 Å². The molecule has 0 unspecified atom stereocenters. The summed E-state index contributed by atoms with van der Waals surface area (Å²) in [6.45, 7) is 6.31. The Kier molecular flexibility index (Phi) is 11.4. The Labute approximate surface area is 300 Å². The quantitative estimate of drug-likeness (QED) is 0.375. The first kappa shape index (κ1) is 36.5. The molecule has 4 aliphatic heterocycles. The van der Waals surface area contributed by atoms with Crippen molar-refractivity contribution in [2.75, 3.05) is 83.6 Å². The molecule has 1 atom stereocenters. The number of nitrogens with one attached hydrogen (secondary N) is 3. The summed E-state index contributed by atoms with van der Waals surface area (Å²) in [7, 11) is 3.48. The summed E-state index contributed by atoms with van der Waals surface area (Å²) in [6, 6.07) is 1.06. The number of piperazine rings is 1. The van der Waals surface area contributed by atoms with E-state index in [1.54, 1.807) is 21.1 Å². The van der Waals surface area contributed by atoms with Gasteiger partial charge in [0.05, 0.1) is 22.0 Å². The van der Waals surface area contributed by atoms with E-state index in [1.807, 2.05) is 15.7 Å². The summed E-state index contributed by atoms with van der Waals surface area (Å²) >= 11 is 7.86. The van der Waals surface area contributed by atoms with Crippen LogP contribution in [-0.4, -0.2) is 134 Å². The molecule has 0 aliphatic carbocycles. The van der Waals surface area contributed by atoms with Crippen molar-refractivity contribution in [2.45, 2.75) is 62.8 Å². The number of hydrogen-bond acceptors (Lipinski definition) is 7. The predicted molar refractivity (Wildman–Crippen MR) is 189 cm³/mol. The van der Waals surface area contributed by atoms with Crippen LogP contribution in [0.15, 0.2) is 22.9 Å². The van der Waals surface area contributed by atoms with Gasteiger partial charge in [-0.25, -0.2) is 9.59 Å². The molecule has 0 spiro atoms. The van der Waals surface area contributed by atoms with Gasteiger partial charge in [0, 0.05) is 89.8 Å². The third-order valence-corrected chi connectivity index (χ3v) is 11.7. The van der Waals surface area contributed by atoms with Crippen LogP contribution in [0.25, 0.3) is 0 Å². The number of halogens is 4. The molecule has 0 bridgehead atoms. The van der Waals surface area contributed by atoms with Crippen molar-refractivity contribution in [3.8, 4) is 0 Å². The molecule has 0 radical (unpaired) electrons. The highest BCUT2D eigenvalue weighted by Gasteiger charge is 2.38. The number of carbonyl (C=O) groups is 3. The van der Waals surface area contributed by atoms with E-state index in [4.69, 9.17) is 11.6 Å². The first-order valence-electron chi connectivity index (χ1n) is 17.4. The zero-order chi connectivity index (χ0) is 35.6. The van der Waals surface area contributed by atoms with Gasteiger partial charge < -0.3 is 35.6 Å². The minimum Gasteiger partial charge on any atom is -0.386 e. The lowest BCUT2D eigenvalue weighted by molar-refractivity contribution is -0.137. The third-order valence-electron chi connectivity index (χ3n) is 10.6. The number of fused-ring (bicyclic) bond motifs is 1. The maximum absolute atomic E-state index is 14.1. The minimum absolute atomic E-state index is 0.0422. The largest absolute Gasteiger partial charge is 0.418 e. The van der Waals surface area contributed by atoms with Gasteiger partial charge in [0.1, 0.15) is 6.04 Å². The van der Waals surface area contributed by atoms with Crippen LogP contribution in [0, 0.1) is 0 Å². The number of amides is 5. The Hall–Kier alpha value is -3.27. The Bertz CT molecular complexity index is 1540. The number of piperidine rings is 2. The molecule has 16 heteroatoms. The van der Waals surface area contributed by atoms with Crippen LogP contribution >= 0.6 is 22.9 Å². The monoisotopic (exact) mass is 738 g/mol. The molecule has 5 heterocycles. The summed E-state index contributed by atoms with van der Waals surface area (Å²) in [4.78, 5) is 50.8. The Morgan fingerprint density at radius 1 is 0.960 bits per heavy atom. The fourth-order valence-corrected chi connectivity index (χ4v) is 8.84. The molecule has 3 N–H and O–H groups in total. The Morgan fingerprint density at radius 3 is 2.28 bits per heavy atom. The molecule has 50 heavy (non-hydrogen) atoms. The normalized spacial score (nSPS) is 21.0. The SMILES string of the molecule is CNc1c(Cl)cc(C[C@@H](NC(=O)N2CCC(N3CCc4cscc4NC3=O)CC2)C(=O)N2CCC(N3CCN(C)CC3)CC2)cc1C(F)(F)F. The molecule has 2 aromatic rings. The lowest BCUT2D eigenvalue weighted by Crippen LogP contribution is -2.58. The van der Waals surface area contributed by atoms with E-state index in [1.165, 1.54) is 13.1 Å². The molecule has 274 valence electrons. The molecule has 4 aliphatic rings. The first-order chi connectivity index (χ1) is 23.9. The molecule has 0 saturated carbocycles. The molecular weight excluding hydrogens is 693 g/mol. The smallest absolute Gasteiger partial charge is 0.386 e. The molecule has 1 aromatic heterocycles. The van der Waals surface area contributed by atoms with Gasteiger partial charge in [0.15, 0.2) is 0 Å². The van der Waals surface area contributed by atoms with E-state index in [9.17, 15) is 27.6 Å². The number of benzene rings is 1. The zero-order valence-corrected chi connectivity index (χ0v) is 30.1. The van der Waals surface area contributed by atoms with Crippen molar-refractivity contribution >= 4 is 52.3 Å². The number of hydrogen-bond donors (Lipinski definition) is 3. The van der Waals surface area contributed by atoms with Crippen molar-refractivity contribution in [3.05, 3.63) is 44.6 Å². The minimum atomic E-state index is -4.67. The maximum atomic E-state index is 14.1. The lowest BCUT2D eigenvalue weighted by Gasteiger charge is -2.42. The molecule has 11 nitrogen and oxygen atoms in total. The van der Waals surface area contributed by atoms with Crippen LogP contribution in [0.5, 0.6) is 0 Å². The van der Waals surface area contributed by atoms with Crippen LogP contribution in [0.3, 0.4) is 0 Å². The van der Waals surface area contributed by atoms with Crippen LogP contribution in [0.4, 0.5) is 34.1 Å². The van der Waals surface area contributed by atoms with Gasteiger partial charge in [-0.3, -0.25) is 9.69 Å². The molecule has 5 amide bonds. The van der Waals surface area contributed by atoms with E-state index in [0.29, 0.717) is 51.6 Å². The number of carbonyl (C=O) groups excluding carboxylic acids is 3. The summed E-state index contributed by atoms with van der Waals surface area (Å²) in [6.07, 6.45) is -1.34. The number of likely N-dealkylation sites (N-methyl/N-ethyl adjacent to an activating group) is 1. The molecule has 3 saturated heterocycles. The van der Waals surface area contributed by atoms with Gasteiger partial charge in [0.2, 0.25) is 5.91 Å². The van der Waals surface area contributed by atoms with Crippen molar-refractivity contribution < 1.29 is 27.6 Å². The molecule has 6 rings (SSSR count). The Morgan fingerprint density at radius 2 is 1.62 bits per heavy atom. The van der Waals surface area contributed by atoms with Gasteiger partial charge in [-0.1, -0.05) is 11.6 Å². The topological polar surface area (TPSA) is 103 Å². The average Bonchev–Trinajstić information content (AvgIpc) is 3.47. The summed E-state index contributed by atoms with van der Waals surface area (Å²) < 4.78 is 42.1. The fourth-order valence-electron chi connectivity index (χ4n) is 7.68. The van der Waals surface area contributed by atoms with Gasteiger partial charge in [-0.15, -0.1) is 11.3 Å². The molecule has 3 fully saturated rings. The Balaban J connectivity index is 1.13. The van der Waals surface area contributed by atoms with Gasteiger partial charge >= 0.3 is 18.2 Å². The number of rotatable bonds is 7. The van der Waals surface area contributed by atoms with E-state index >= 15 is 0 Å². The first-order valence-corrected chi connectivity index (χ1v) is 18.7. The lowest BCUT2D eigenvalue weighted by atomic mass is 9.98. The maximum Gasteiger partial charge on any atom is 0.418 e. The summed E-state index contributed by atoms with van der Waals surface area (Å²) in [5, 5.41) is 12.3. The summed E-state index contributed by atoms with van der Waals surface area (Å²) in [5.41, 5.74) is 1.00. The second kappa shape index (κ2) is 15.5. The number of urea groups is 2. The van der Waals surface area contributed by atoms with Crippen LogP contribution in [-0.2, 0) is 23.8 Å². The number of thiophene rings is 1. The average molecular weight is 739 g/mol. The zero-order valence-electron chi connectivity index (χ0n) is 28.5. The van der Waals surface area contributed by atoms with E-state index in [-0.39, 0.29) is 40.7 Å². The van der Waals surface area contributed by atoms with E-state index in [0.717, 1.165) is 62.8 Å². The highest BCUT2D eigenvalue weighted by Crippen LogP contribution is 2.39. The van der Waals surface area contributed by atoms with Crippen molar-refractivity contribution in [2.24, 2.45) is 0 Å². The van der Waals surface area contributed by atoms with Crippen LogP contribution in [0.1, 0.15) is 42.4 Å². The fraction of sp³-hybridized carbons (Fsp3) is 0.618. The number of anilines is 2. The molecular formula is C34H46ClF3N8O3S. The van der Waals surface area contributed by atoms with Crippen molar-refractivity contribution in [3.63, 3.8) is 0 Å². The number of alkyl halides is 3. The van der Waals surface area contributed by atoms with Crippen molar-refractivity contribution in [1.82, 2.24) is 29.8 Å². The van der Waals surface area contributed by atoms with Crippen LogP contribution in [0.2, 0.25) is 5.02 Å². The predicted octanol–water partition coefficient (Wildman–Crippen LogP) is 4.88.